The molecule has 248 valence electrons. The van der Waals surface area contributed by atoms with E-state index >= 15 is 0 Å². The minimum Gasteiger partial charge on any atom is -0.465 e. The van der Waals surface area contributed by atoms with Gasteiger partial charge in [0.05, 0.1) is 5.92 Å². The Bertz CT molecular complexity index is 1430. The number of piperidine rings is 2. The van der Waals surface area contributed by atoms with Crippen molar-refractivity contribution in [3.05, 3.63) is 62.5 Å². The molecule has 2 aromatic carbocycles. The highest BCUT2D eigenvalue weighted by molar-refractivity contribution is 9.13. The van der Waals surface area contributed by atoms with Gasteiger partial charge in [-0.2, -0.15) is 0 Å². The molecule has 4 heterocycles. The number of nitrogens with zero attached hydrogens (tertiary/aromatic N) is 5. The van der Waals surface area contributed by atoms with Crippen LogP contribution in [0.4, 0.5) is 15.3 Å². The molecule has 12 heteroatoms. The van der Waals surface area contributed by atoms with Gasteiger partial charge in [-0.1, -0.05) is 24.3 Å². The molecular weight excluding hydrogens is 716 g/mol. The fourth-order valence-electron chi connectivity index (χ4n) is 7.83. The largest absolute Gasteiger partial charge is 0.465 e. The number of amides is 4. The lowest BCUT2D eigenvalue weighted by atomic mass is 9.82. The summed E-state index contributed by atoms with van der Waals surface area (Å²) in [6.45, 7) is 5.97. The molecular formula is C34H44Br2N6O4. The fourth-order valence-corrected chi connectivity index (χ4v) is 8.50. The van der Waals surface area contributed by atoms with Crippen LogP contribution in [0.3, 0.4) is 0 Å². The molecule has 4 aliphatic rings. The van der Waals surface area contributed by atoms with E-state index in [0.717, 1.165) is 71.2 Å². The van der Waals surface area contributed by atoms with E-state index in [-0.39, 0.29) is 24.5 Å². The van der Waals surface area contributed by atoms with E-state index in [9.17, 15) is 19.5 Å². The van der Waals surface area contributed by atoms with Crippen molar-refractivity contribution in [1.29, 1.82) is 0 Å². The molecule has 0 bridgehead atoms. The summed E-state index contributed by atoms with van der Waals surface area (Å²) in [7, 11) is 2.17. The van der Waals surface area contributed by atoms with Crippen LogP contribution in [0, 0.1) is 5.92 Å². The number of para-hydroxylation sites is 1. The highest BCUT2D eigenvalue weighted by atomic mass is 79.9. The summed E-state index contributed by atoms with van der Waals surface area (Å²) in [5, 5.41) is 13.5. The van der Waals surface area contributed by atoms with Gasteiger partial charge in [0.15, 0.2) is 0 Å². The van der Waals surface area contributed by atoms with Gasteiger partial charge in [-0.05, 0) is 120 Å². The van der Waals surface area contributed by atoms with Gasteiger partial charge >= 0.3 is 12.1 Å². The Labute approximate surface area is 288 Å². The van der Waals surface area contributed by atoms with Gasteiger partial charge in [0.2, 0.25) is 5.91 Å². The fraction of sp³-hybridized carbons (Fsp3) is 0.559. The zero-order valence-electron chi connectivity index (χ0n) is 26.4. The summed E-state index contributed by atoms with van der Waals surface area (Å²) in [5.74, 6) is -0.569. The first-order chi connectivity index (χ1) is 22.2. The first-order valence-corrected chi connectivity index (χ1v) is 18.1. The molecule has 2 N–H and O–H groups in total. The minimum absolute atomic E-state index is 0.00620. The maximum atomic E-state index is 14.6. The van der Waals surface area contributed by atoms with Crippen molar-refractivity contribution in [1.82, 2.24) is 24.5 Å². The lowest BCUT2D eigenvalue weighted by Gasteiger charge is -2.46. The van der Waals surface area contributed by atoms with Crippen molar-refractivity contribution in [2.24, 2.45) is 5.92 Å². The number of hydrogen-bond donors (Lipinski definition) is 2. The number of hydrogen-bond acceptors (Lipinski definition) is 5. The third kappa shape index (κ3) is 7.40. The number of urea groups is 1. The second kappa shape index (κ2) is 14.6. The normalized spacial score (nSPS) is 24.2. The molecule has 0 aromatic heterocycles. The van der Waals surface area contributed by atoms with E-state index in [1.807, 2.05) is 52.3 Å². The molecule has 46 heavy (non-hydrogen) atoms. The van der Waals surface area contributed by atoms with Crippen molar-refractivity contribution in [3.8, 4) is 0 Å². The Hall–Kier alpha value is -2.67. The number of benzene rings is 2. The first kappa shape index (κ1) is 33.2. The van der Waals surface area contributed by atoms with Crippen LogP contribution in [0.2, 0.25) is 0 Å². The minimum atomic E-state index is -1.02. The summed E-state index contributed by atoms with van der Waals surface area (Å²) >= 11 is 7.16. The van der Waals surface area contributed by atoms with Crippen LogP contribution in [-0.2, 0) is 17.6 Å². The third-order valence-electron chi connectivity index (χ3n) is 10.5. The molecule has 0 aliphatic carbocycles. The van der Waals surface area contributed by atoms with Gasteiger partial charge in [0, 0.05) is 72.0 Å². The molecule has 3 fully saturated rings. The van der Waals surface area contributed by atoms with Crippen molar-refractivity contribution in [2.75, 3.05) is 64.7 Å². The smallest absolute Gasteiger partial charge is 0.407 e. The van der Waals surface area contributed by atoms with Crippen LogP contribution in [0.25, 0.3) is 0 Å². The Morgan fingerprint density at radius 1 is 0.913 bits per heavy atom. The zero-order valence-corrected chi connectivity index (χ0v) is 29.6. The molecule has 2 unspecified atom stereocenters. The predicted octanol–water partition coefficient (Wildman–Crippen LogP) is 5.21. The molecule has 0 saturated carbocycles. The number of likely N-dealkylation sites (tertiary alicyclic amines) is 2. The maximum absolute atomic E-state index is 14.6. The van der Waals surface area contributed by atoms with Crippen molar-refractivity contribution in [2.45, 2.75) is 56.7 Å². The topological polar surface area (TPSA) is 99.7 Å². The van der Waals surface area contributed by atoms with Crippen molar-refractivity contribution in [3.63, 3.8) is 0 Å². The first-order valence-electron chi connectivity index (χ1n) is 16.5. The van der Waals surface area contributed by atoms with Gasteiger partial charge in [0.25, 0.3) is 0 Å². The Kier molecular flexibility index (Phi) is 10.6. The Morgan fingerprint density at radius 3 is 2.35 bits per heavy atom. The number of carbonyl (C=O) groups is 3. The average Bonchev–Trinajstić information content (AvgIpc) is 3.23. The number of rotatable bonds is 6. The summed E-state index contributed by atoms with van der Waals surface area (Å²) in [6.07, 6.45) is 3.37. The molecule has 4 aliphatic heterocycles. The lowest BCUT2D eigenvalue weighted by Crippen LogP contribution is -2.60. The van der Waals surface area contributed by atoms with E-state index in [0.29, 0.717) is 44.9 Å². The number of halogens is 2. The molecule has 0 radical (unpaired) electrons. The monoisotopic (exact) mass is 758 g/mol. The summed E-state index contributed by atoms with van der Waals surface area (Å²) in [5.41, 5.74) is 2.88. The number of carbonyl (C=O) groups excluding carboxylic acids is 2. The Balaban J connectivity index is 1.23. The molecule has 3 atom stereocenters. The second-order valence-corrected chi connectivity index (χ2v) is 14.9. The SMILES string of the molecule is CN1CCC(N2CCN(C(=O)C(Cc3ccc(Br)c(Br)c3)[C@H]3CC(N4CCc5ccccc5NC4=O)CCN3C(=O)O)CC2)CC1. The maximum Gasteiger partial charge on any atom is 0.407 e. The second-order valence-electron chi connectivity index (χ2n) is 13.2. The van der Waals surface area contributed by atoms with Crippen LogP contribution in [0.5, 0.6) is 0 Å². The van der Waals surface area contributed by atoms with E-state index in [2.05, 4.69) is 54.0 Å². The van der Waals surface area contributed by atoms with Gasteiger partial charge in [-0.25, -0.2) is 9.59 Å². The van der Waals surface area contributed by atoms with Crippen LogP contribution >= 0.6 is 31.9 Å². The molecule has 2 aromatic rings. The molecule has 6 rings (SSSR count). The standard InChI is InChI=1S/C34H44Br2N6O4/c1-38-12-9-25(10-13-38)39-16-18-40(19-17-39)32(43)27(20-23-6-7-28(35)29(36)21-23)31-22-26(11-15-42(31)34(45)46)41-14-8-24-4-2-3-5-30(24)37-33(41)44/h2-7,21,25-27,31H,8-20,22H2,1H3,(H,37,44)(H,45,46)/t26?,27?,31-/m1/s1. The van der Waals surface area contributed by atoms with E-state index < -0.39 is 18.1 Å². The highest BCUT2D eigenvalue weighted by Crippen LogP contribution is 2.34. The average molecular weight is 761 g/mol. The molecule has 0 spiro atoms. The summed E-state index contributed by atoms with van der Waals surface area (Å²) < 4.78 is 1.81. The van der Waals surface area contributed by atoms with E-state index in [1.165, 1.54) is 4.90 Å². The number of anilines is 1. The van der Waals surface area contributed by atoms with Crippen LogP contribution in [0.1, 0.15) is 36.8 Å². The highest BCUT2D eigenvalue weighted by Gasteiger charge is 2.44. The van der Waals surface area contributed by atoms with Crippen LogP contribution in [-0.4, -0.2) is 125 Å². The van der Waals surface area contributed by atoms with E-state index in [4.69, 9.17) is 0 Å². The van der Waals surface area contributed by atoms with Crippen molar-refractivity contribution >= 4 is 55.6 Å². The number of piperazine rings is 1. The van der Waals surface area contributed by atoms with Gasteiger partial charge in [-0.3, -0.25) is 9.69 Å². The number of nitrogens with one attached hydrogen (secondary N) is 1. The molecule has 4 amide bonds. The number of fused-ring (bicyclic) bond motifs is 1. The quantitative estimate of drug-likeness (QED) is 0.420. The molecule has 10 nitrogen and oxygen atoms in total. The third-order valence-corrected chi connectivity index (χ3v) is 12.4. The van der Waals surface area contributed by atoms with Gasteiger partial charge in [0.1, 0.15) is 0 Å². The van der Waals surface area contributed by atoms with Crippen LogP contribution < -0.4 is 5.32 Å². The van der Waals surface area contributed by atoms with E-state index in [1.54, 1.807) is 0 Å². The van der Waals surface area contributed by atoms with Gasteiger partial charge < -0.3 is 30.0 Å². The lowest BCUT2D eigenvalue weighted by molar-refractivity contribution is -0.140. The van der Waals surface area contributed by atoms with Crippen LogP contribution in [0.15, 0.2) is 51.4 Å². The van der Waals surface area contributed by atoms with Crippen molar-refractivity contribution < 1.29 is 19.5 Å². The number of carboxylic acid groups (broad SMARTS) is 1. The summed E-state index contributed by atoms with van der Waals surface area (Å²) in [6, 6.07) is 13.5. The Morgan fingerprint density at radius 2 is 1.63 bits per heavy atom. The molecule has 3 saturated heterocycles. The zero-order chi connectivity index (χ0) is 32.4. The summed E-state index contributed by atoms with van der Waals surface area (Å²) in [4.78, 5) is 50.9. The van der Waals surface area contributed by atoms with Gasteiger partial charge in [-0.15, -0.1) is 0 Å². The predicted molar refractivity (Wildman–Crippen MR) is 185 cm³/mol.